The molecule has 0 radical (unpaired) electrons. The summed E-state index contributed by atoms with van der Waals surface area (Å²) in [5.41, 5.74) is 0. The lowest BCUT2D eigenvalue weighted by atomic mass is 10.0. The molecule has 19 heteroatoms. The monoisotopic (exact) mass is 1400 g/mol. The van der Waals surface area contributed by atoms with E-state index in [4.69, 9.17) is 37.0 Å². The molecule has 0 saturated heterocycles. The Bertz CT molecular complexity index is 1840. The summed E-state index contributed by atoms with van der Waals surface area (Å²) in [4.78, 5) is 72.6. The number of phosphoric acid groups is 2. The van der Waals surface area contributed by atoms with Gasteiger partial charge in [0.2, 0.25) is 0 Å². The molecule has 0 aromatic rings. The van der Waals surface area contributed by atoms with Gasteiger partial charge in [-0.1, -0.05) is 343 Å². The van der Waals surface area contributed by atoms with Gasteiger partial charge in [-0.3, -0.25) is 37.3 Å². The number of ether oxygens (including phenoxy) is 4. The van der Waals surface area contributed by atoms with Gasteiger partial charge < -0.3 is 33.8 Å². The fourth-order valence-corrected chi connectivity index (χ4v) is 13.2. The molecule has 0 aliphatic carbocycles. The number of carbonyl (C=O) groups excluding carboxylic acids is 4. The van der Waals surface area contributed by atoms with Crippen LogP contribution in [0.15, 0.2) is 0 Å². The maximum atomic E-state index is 13.1. The van der Waals surface area contributed by atoms with Gasteiger partial charge >= 0.3 is 39.5 Å². The van der Waals surface area contributed by atoms with E-state index in [1.54, 1.807) is 0 Å². The van der Waals surface area contributed by atoms with Gasteiger partial charge in [0.05, 0.1) is 26.4 Å². The summed E-state index contributed by atoms with van der Waals surface area (Å²) in [7, 11) is -9.90. The van der Waals surface area contributed by atoms with Gasteiger partial charge in [0.15, 0.2) is 12.2 Å². The van der Waals surface area contributed by atoms with E-state index in [9.17, 15) is 43.2 Å². The third-order valence-electron chi connectivity index (χ3n) is 17.7. The highest BCUT2D eigenvalue weighted by atomic mass is 31.2. The van der Waals surface area contributed by atoms with Gasteiger partial charge in [-0.2, -0.15) is 0 Å². The Morgan fingerprint density at radius 2 is 0.484 bits per heavy atom. The Morgan fingerprint density at radius 1 is 0.284 bits per heavy atom. The van der Waals surface area contributed by atoms with Crippen molar-refractivity contribution in [2.45, 2.75) is 413 Å². The topological polar surface area (TPSA) is 237 Å². The lowest BCUT2D eigenvalue weighted by Gasteiger charge is -2.21. The maximum Gasteiger partial charge on any atom is 0.472 e. The van der Waals surface area contributed by atoms with Crippen LogP contribution in [0.2, 0.25) is 0 Å². The highest BCUT2D eigenvalue weighted by molar-refractivity contribution is 7.47. The van der Waals surface area contributed by atoms with Gasteiger partial charge in [-0.15, -0.1) is 0 Å². The average molecular weight is 1400 g/mol. The summed E-state index contributed by atoms with van der Waals surface area (Å²) in [6, 6.07) is 0. The minimum absolute atomic E-state index is 0.104. The van der Waals surface area contributed by atoms with Crippen molar-refractivity contribution >= 4 is 39.5 Å². The molecule has 0 spiro atoms. The lowest BCUT2D eigenvalue weighted by molar-refractivity contribution is -0.161. The average Bonchev–Trinajstić information content (AvgIpc) is 1.66. The highest BCUT2D eigenvalue weighted by Crippen LogP contribution is 2.45. The van der Waals surface area contributed by atoms with Crippen LogP contribution in [0.3, 0.4) is 0 Å². The Hall–Kier alpha value is -1.94. The van der Waals surface area contributed by atoms with Crippen molar-refractivity contribution < 1.29 is 80.2 Å². The van der Waals surface area contributed by atoms with E-state index in [2.05, 4.69) is 41.5 Å². The minimum Gasteiger partial charge on any atom is -0.462 e. The molecule has 0 aliphatic rings. The first-order chi connectivity index (χ1) is 45.9. The van der Waals surface area contributed by atoms with Crippen molar-refractivity contribution in [2.24, 2.45) is 11.8 Å². The van der Waals surface area contributed by atoms with Gasteiger partial charge in [-0.25, -0.2) is 9.13 Å². The third-order valence-corrected chi connectivity index (χ3v) is 19.6. The van der Waals surface area contributed by atoms with Crippen molar-refractivity contribution in [2.75, 3.05) is 39.6 Å². The first kappa shape index (κ1) is 93.1. The number of aliphatic hydroxyl groups excluding tert-OH is 1. The zero-order chi connectivity index (χ0) is 70.0. The SMILES string of the molecule is CCCCCCCCCCCCCCCCCCCCCCC(=O)O[C@H](COC(=O)CCCCCCCCCCCCCCCCC(C)C)COP(=O)(O)OC[C@@H](O)COP(=O)(O)OC[C@@H](COC(=O)CCCCCCCCC)OC(=O)CCCCCCCCCCC(C)C. The number of aliphatic hydroxyl groups is 1. The summed E-state index contributed by atoms with van der Waals surface area (Å²) in [5.74, 6) is -0.605. The number of esters is 4. The van der Waals surface area contributed by atoms with Gasteiger partial charge in [0.1, 0.15) is 19.3 Å². The molecule has 5 atom stereocenters. The molecule has 0 heterocycles. The van der Waals surface area contributed by atoms with Crippen molar-refractivity contribution in [1.29, 1.82) is 0 Å². The molecule has 95 heavy (non-hydrogen) atoms. The Kier molecular flexibility index (Phi) is 66.5. The summed E-state index contributed by atoms with van der Waals surface area (Å²) in [6.07, 6.45) is 55.8. The second-order valence-electron chi connectivity index (χ2n) is 28.3. The van der Waals surface area contributed by atoms with Crippen molar-refractivity contribution in [3.63, 3.8) is 0 Å². The molecule has 0 bridgehead atoms. The number of carbonyl (C=O) groups is 4. The number of hydrogen-bond acceptors (Lipinski definition) is 15. The number of rotatable bonds is 75. The van der Waals surface area contributed by atoms with E-state index < -0.39 is 97.5 Å². The molecule has 0 aromatic carbocycles. The van der Waals surface area contributed by atoms with E-state index in [0.717, 1.165) is 115 Å². The summed E-state index contributed by atoms with van der Waals surface area (Å²) >= 11 is 0. The van der Waals surface area contributed by atoms with Gasteiger partial charge in [0, 0.05) is 25.7 Å². The normalized spacial score (nSPS) is 14.0. The van der Waals surface area contributed by atoms with Crippen LogP contribution < -0.4 is 0 Å². The molecule has 0 aliphatic heterocycles. The van der Waals surface area contributed by atoms with E-state index in [0.29, 0.717) is 25.7 Å². The number of unbranched alkanes of at least 4 members (excludes halogenated alkanes) is 45. The van der Waals surface area contributed by atoms with Gasteiger partial charge in [0.25, 0.3) is 0 Å². The largest absolute Gasteiger partial charge is 0.472 e. The van der Waals surface area contributed by atoms with Crippen molar-refractivity contribution in [3.8, 4) is 0 Å². The molecular formula is C76H148O17P2. The molecule has 0 saturated carbocycles. The van der Waals surface area contributed by atoms with Crippen molar-refractivity contribution in [3.05, 3.63) is 0 Å². The molecule has 0 amide bonds. The van der Waals surface area contributed by atoms with Crippen LogP contribution in [0.25, 0.3) is 0 Å². The zero-order valence-corrected chi connectivity index (χ0v) is 63.8. The number of phosphoric ester groups is 2. The molecule has 17 nitrogen and oxygen atoms in total. The molecule has 0 rings (SSSR count). The second-order valence-corrected chi connectivity index (χ2v) is 31.3. The predicted molar refractivity (Wildman–Crippen MR) is 386 cm³/mol. The Morgan fingerprint density at radius 3 is 0.716 bits per heavy atom. The van der Waals surface area contributed by atoms with Gasteiger partial charge in [-0.05, 0) is 37.5 Å². The Balaban J connectivity index is 5.17. The van der Waals surface area contributed by atoms with Crippen LogP contribution in [0, 0.1) is 11.8 Å². The first-order valence-corrected chi connectivity index (χ1v) is 42.5. The number of hydrogen-bond donors (Lipinski definition) is 3. The summed E-state index contributed by atoms with van der Waals surface area (Å²) < 4.78 is 68.4. The van der Waals surface area contributed by atoms with Crippen LogP contribution in [0.1, 0.15) is 395 Å². The zero-order valence-electron chi connectivity index (χ0n) is 62.0. The quantitative estimate of drug-likeness (QED) is 0.0222. The fourth-order valence-electron chi connectivity index (χ4n) is 11.7. The minimum atomic E-state index is -4.96. The molecular weight excluding hydrogens is 1250 g/mol. The van der Waals surface area contributed by atoms with Crippen LogP contribution in [-0.2, 0) is 65.4 Å². The van der Waals surface area contributed by atoms with Crippen LogP contribution in [-0.4, -0.2) is 96.7 Å². The first-order valence-electron chi connectivity index (χ1n) is 39.5. The van der Waals surface area contributed by atoms with E-state index >= 15 is 0 Å². The van der Waals surface area contributed by atoms with Crippen molar-refractivity contribution in [1.82, 2.24) is 0 Å². The summed E-state index contributed by atoms with van der Waals surface area (Å²) in [5, 5.41) is 10.6. The molecule has 3 N–H and O–H groups in total. The standard InChI is InChI=1S/C76H148O17P2/c1-7-9-11-13-15-16-17-18-19-20-21-22-23-24-29-32-35-42-48-54-60-75(80)92-72(65-87-74(79)59-53-47-41-34-31-28-26-25-27-30-33-39-44-50-56-68(3)4)67-91-95(84,85)89-63-70(77)62-88-94(82,83)90-66-71(64-86-73(78)58-52-46-38-14-12-10-8-2)93-76(81)61-55-49-43-37-36-40-45-51-57-69(5)6/h68-72,77H,7-67H2,1-6H3,(H,82,83)(H,84,85)/t70-,71+,72+/m0/s1. The second kappa shape index (κ2) is 67.9. The molecule has 0 aromatic heterocycles. The van der Waals surface area contributed by atoms with E-state index in [1.807, 2.05) is 0 Å². The smallest absolute Gasteiger partial charge is 0.462 e. The third kappa shape index (κ3) is 70.3. The van der Waals surface area contributed by atoms with E-state index in [1.165, 1.54) is 199 Å². The maximum absolute atomic E-state index is 13.1. The van der Waals surface area contributed by atoms with Crippen LogP contribution >= 0.6 is 15.6 Å². The van der Waals surface area contributed by atoms with Crippen LogP contribution in [0.5, 0.6) is 0 Å². The summed E-state index contributed by atoms with van der Waals surface area (Å²) in [6.45, 7) is 9.53. The molecule has 2 unspecified atom stereocenters. The Labute approximate surface area is 581 Å². The van der Waals surface area contributed by atoms with Crippen LogP contribution in [0.4, 0.5) is 0 Å². The fraction of sp³-hybridized carbons (Fsp3) is 0.947. The highest BCUT2D eigenvalue weighted by Gasteiger charge is 2.30. The van der Waals surface area contributed by atoms with E-state index in [-0.39, 0.29) is 25.7 Å². The molecule has 0 fully saturated rings. The predicted octanol–water partition coefficient (Wildman–Crippen LogP) is 22.3. The molecule has 564 valence electrons. The lowest BCUT2D eigenvalue weighted by Crippen LogP contribution is -2.30.